The minimum atomic E-state index is -0.600. The van der Waals surface area contributed by atoms with Gasteiger partial charge in [-0.05, 0) is 18.8 Å². The van der Waals surface area contributed by atoms with Crippen LogP contribution in [0, 0.1) is 11.3 Å². The van der Waals surface area contributed by atoms with E-state index in [0.717, 1.165) is 25.0 Å². The zero-order valence-corrected chi connectivity index (χ0v) is 11.9. The zero-order chi connectivity index (χ0) is 13.2. The first-order chi connectivity index (χ1) is 8.54. The van der Waals surface area contributed by atoms with Crippen LogP contribution in [0.3, 0.4) is 0 Å². The molecule has 0 radical (unpaired) electrons. The normalized spacial score (nSPS) is 26.4. The molecule has 0 unspecified atom stereocenters. The largest absolute Gasteiger partial charge is 0.392 e. The molecule has 1 saturated carbocycles. The Labute approximate surface area is 116 Å². The number of thiazole rings is 1. The molecule has 1 aromatic rings. The fourth-order valence-corrected chi connectivity index (χ4v) is 3.31. The molecule has 6 heteroatoms. The summed E-state index contributed by atoms with van der Waals surface area (Å²) in [6, 6.07) is 0. The number of aromatic nitrogens is 1. The highest BCUT2D eigenvalue weighted by Crippen LogP contribution is 2.45. The summed E-state index contributed by atoms with van der Waals surface area (Å²) < 4.78 is 0. The standard InChI is InChI=1S/C12H17N3OS2/c1-8-4-12(5-8,10(13)17)11(16)14-3-2-9-6-18-7-15-9/h6-8H,2-5H2,1H3,(H2,13,17)(H,14,16). The van der Waals surface area contributed by atoms with Crippen LogP contribution in [0.5, 0.6) is 0 Å². The molecule has 0 bridgehead atoms. The molecule has 0 spiro atoms. The lowest BCUT2D eigenvalue weighted by molar-refractivity contribution is -0.132. The molecular formula is C12H17N3OS2. The van der Waals surface area contributed by atoms with E-state index in [1.54, 1.807) is 16.8 Å². The monoisotopic (exact) mass is 283 g/mol. The molecule has 1 aliphatic rings. The molecule has 1 heterocycles. The van der Waals surface area contributed by atoms with Crippen LogP contribution in [0.15, 0.2) is 10.9 Å². The summed E-state index contributed by atoms with van der Waals surface area (Å²) in [6.45, 7) is 2.69. The number of carbonyl (C=O) groups is 1. The number of nitrogens with zero attached hydrogens (tertiary/aromatic N) is 1. The lowest BCUT2D eigenvalue weighted by atomic mass is 9.62. The van der Waals surface area contributed by atoms with Gasteiger partial charge in [0.2, 0.25) is 5.91 Å². The Morgan fingerprint density at radius 2 is 2.44 bits per heavy atom. The van der Waals surface area contributed by atoms with Crippen LogP contribution in [0.25, 0.3) is 0 Å². The Balaban J connectivity index is 1.85. The van der Waals surface area contributed by atoms with E-state index < -0.39 is 5.41 Å². The number of hydrogen-bond donors (Lipinski definition) is 2. The number of thiocarbonyl (C=S) groups is 1. The van der Waals surface area contributed by atoms with Gasteiger partial charge in [-0.25, -0.2) is 4.98 Å². The third-order valence-electron chi connectivity index (χ3n) is 3.45. The molecule has 18 heavy (non-hydrogen) atoms. The van der Waals surface area contributed by atoms with E-state index in [4.69, 9.17) is 18.0 Å². The quantitative estimate of drug-likeness (QED) is 0.804. The molecule has 98 valence electrons. The first kappa shape index (κ1) is 13.4. The number of nitrogens with two attached hydrogens (primary N) is 1. The maximum Gasteiger partial charge on any atom is 0.233 e. The van der Waals surface area contributed by atoms with Gasteiger partial charge in [0, 0.05) is 18.3 Å². The molecule has 1 fully saturated rings. The summed E-state index contributed by atoms with van der Waals surface area (Å²) in [7, 11) is 0. The average molecular weight is 283 g/mol. The number of nitrogens with one attached hydrogen (secondary N) is 1. The van der Waals surface area contributed by atoms with E-state index in [1.807, 2.05) is 5.38 Å². The number of carbonyl (C=O) groups excluding carboxylic acids is 1. The van der Waals surface area contributed by atoms with Crippen molar-refractivity contribution < 1.29 is 4.79 Å². The van der Waals surface area contributed by atoms with E-state index in [-0.39, 0.29) is 5.91 Å². The van der Waals surface area contributed by atoms with Gasteiger partial charge < -0.3 is 11.1 Å². The molecule has 0 atom stereocenters. The van der Waals surface area contributed by atoms with Crippen LogP contribution >= 0.6 is 23.6 Å². The molecule has 3 N–H and O–H groups in total. The molecule has 2 rings (SSSR count). The van der Waals surface area contributed by atoms with Crippen LogP contribution in [0.1, 0.15) is 25.5 Å². The van der Waals surface area contributed by atoms with Crippen molar-refractivity contribution in [1.29, 1.82) is 0 Å². The van der Waals surface area contributed by atoms with Gasteiger partial charge in [0.1, 0.15) is 0 Å². The van der Waals surface area contributed by atoms with Gasteiger partial charge in [0.15, 0.2) is 0 Å². The summed E-state index contributed by atoms with van der Waals surface area (Å²) >= 11 is 6.61. The second kappa shape index (κ2) is 5.32. The van der Waals surface area contributed by atoms with Crippen molar-refractivity contribution in [3.05, 3.63) is 16.6 Å². The minimum absolute atomic E-state index is 0.0247. The highest BCUT2D eigenvalue weighted by Gasteiger charge is 2.50. The van der Waals surface area contributed by atoms with Gasteiger partial charge in [-0.15, -0.1) is 11.3 Å². The van der Waals surface area contributed by atoms with Crippen molar-refractivity contribution in [2.45, 2.75) is 26.2 Å². The van der Waals surface area contributed by atoms with E-state index in [0.29, 0.717) is 17.5 Å². The van der Waals surface area contributed by atoms with Crippen LogP contribution < -0.4 is 11.1 Å². The molecule has 1 aromatic heterocycles. The van der Waals surface area contributed by atoms with Crippen molar-refractivity contribution >= 4 is 34.5 Å². The lowest BCUT2D eigenvalue weighted by Crippen LogP contribution is -2.56. The number of rotatable bonds is 5. The molecule has 4 nitrogen and oxygen atoms in total. The minimum Gasteiger partial charge on any atom is -0.392 e. The Hall–Kier alpha value is -1.01. The van der Waals surface area contributed by atoms with Crippen LogP contribution in [-0.2, 0) is 11.2 Å². The lowest BCUT2D eigenvalue weighted by Gasteiger charge is -2.44. The molecule has 0 aliphatic heterocycles. The van der Waals surface area contributed by atoms with Gasteiger partial charge in [-0.1, -0.05) is 19.1 Å². The van der Waals surface area contributed by atoms with Gasteiger partial charge in [0.25, 0.3) is 0 Å². The summed E-state index contributed by atoms with van der Waals surface area (Å²) in [5, 5.41) is 4.91. The topological polar surface area (TPSA) is 68.0 Å². The predicted octanol–water partition coefficient (Wildman–Crippen LogP) is 1.50. The third-order valence-corrected chi connectivity index (χ3v) is 4.48. The van der Waals surface area contributed by atoms with E-state index in [2.05, 4.69) is 17.2 Å². The van der Waals surface area contributed by atoms with Crippen molar-refractivity contribution in [3.8, 4) is 0 Å². The predicted molar refractivity (Wildman–Crippen MR) is 76.4 cm³/mol. The Bertz CT molecular complexity index is 438. The van der Waals surface area contributed by atoms with E-state index in [9.17, 15) is 4.79 Å². The fraction of sp³-hybridized carbons (Fsp3) is 0.583. The Morgan fingerprint density at radius 3 is 2.94 bits per heavy atom. The Morgan fingerprint density at radius 1 is 1.72 bits per heavy atom. The number of amides is 1. The van der Waals surface area contributed by atoms with Crippen molar-refractivity contribution in [1.82, 2.24) is 10.3 Å². The van der Waals surface area contributed by atoms with Crippen molar-refractivity contribution in [2.75, 3.05) is 6.54 Å². The summed E-state index contributed by atoms with van der Waals surface area (Å²) in [4.78, 5) is 16.7. The molecule has 1 amide bonds. The second-order valence-corrected chi connectivity index (χ2v) is 6.10. The second-order valence-electron chi connectivity index (χ2n) is 4.95. The van der Waals surface area contributed by atoms with Gasteiger partial charge in [-0.2, -0.15) is 0 Å². The van der Waals surface area contributed by atoms with E-state index >= 15 is 0 Å². The molecule has 0 aromatic carbocycles. The average Bonchev–Trinajstić information content (AvgIpc) is 2.76. The maximum absolute atomic E-state index is 12.2. The fourth-order valence-electron chi connectivity index (χ4n) is 2.46. The van der Waals surface area contributed by atoms with Crippen molar-refractivity contribution in [3.63, 3.8) is 0 Å². The molecular weight excluding hydrogens is 266 g/mol. The summed E-state index contributed by atoms with van der Waals surface area (Å²) in [5.41, 5.74) is 7.92. The molecule has 1 aliphatic carbocycles. The Kier molecular flexibility index (Phi) is 3.97. The highest BCUT2D eigenvalue weighted by atomic mass is 32.1. The highest BCUT2D eigenvalue weighted by molar-refractivity contribution is 7.80. The maximum atomic E-state index is 12.2. The van der Waals surface area contributed by atoms with Crippen LogP contribution in [0.2, 0.25) is 0 Å². The van der Waals surface area contributed by atoms with Crippen LogP contribution in [0.4, 0.5) is 0 Å². The molecule has 0 saturated heterocycles. The summed E-state index contributed by atoms with van der Waals surface area (Å²) in [6.07, 6.45) is 2.29. The van der Waals surface area contributed by atoms with Gasteiger partial charge in [0.05, 0.1) is 21.6 Å². The SMILES string of the molecule is CC1CC(C(=O)NCCc2cscn2)(C(N)=S)C1. The zero-order valence-electron chi connectivity index (χ0n) is 10.3. The van der Waals surface area contributed by atoms with Gasteiger partial charge >= 0.3 is 0 Å². The third kappa shape index (κ3) is 2.54. The number of hydrogen-bond acceptors (Lipinski definition) is 4. The summed E-state index contributed by atoms with van der Waals surface area (Å²) in [5.74, 6) is 0.499. The smallest absolute Gasteiger partial charge is 0.233 e. The van der Waals surface area contributed by atoms with Gasteiger partial charge in [-0.3, -0.25) is 4.79 Å². The first-order valence-electron chi connectivity index (χ1n) is 6.00. The van der Waals surface area contributed by atoms with Crippen LogP contribution in [-0.4, -0.2) is 22.4 Å². The van der Waals surface area contributed by atoms with E-state index in [1.165, 1.54) is 0 Å². The first-order valence-corrected chi connectivity index (χ1v) is 7.35. The van der Waals surface area contributed by atoms with Crippen molar-refractivity contribution in [2.24, 2.45) is 17.1 Å².